The molecule has 0 amide bonds. The minimum absolute atomic E-state index is 0. The summed E-state index contributed by atoms with van der Waals surface area (Å²) in [5.74, 6) is 0. The van der Waals surface area contributed by atoms with Crippen molar-refractivity contribution in [3.63, 3.8) is 0 Å². The quantitative estimate of drug-likeness (QED) is 0.177. The van der Waals surface area contributed by atoms with Crippen LogP contribution in [0, 0.1) is 6.07 Å². The molecule has 3 heteroatoms. The Kier molecular flexibility index (Phi) is 10.9. The van der Waals surface area contributed by atoms with Gasteiger partial charge in [0.1, 0.15) is 0 Å². The molecule has 0 spiro atoms. The second kappa shape index (κ2) is 10.8. The van der Waals surface area contributed by atoms with Crippen LogP contribution in [0.3, 0.4) is 0 Å². The van der Waals surface area contributed by atoms with Gasteiger partial charge in [0.25, 0.3) is 0 Å². The van der Waals surface area contributed by atoms with E-state index >= 15 is 0 Å². The predicted molar refractivity (Wildman–Crippen MR) is 75.6 cm³/mol. The molecule has 0 aromatic heterocycles. The van der Waals surface area contributed by atoms with E-state index < -0.39 is 0 Å². The maximum Gasteiger partial charge on any atom is 4.00 e. The molecule has 0 heterocycles. The van der Waals surface area contributed by atoms with Crippen molar-refractivity contribution >= 4 is 0 Å². The minimum atomic E-state index is 0. The van der Waals surface area contributed by atoms with Gasteiger partial charge in [0.15, 0.2) is 0 Å². The fraction of sp³-hybridized carbons (Fsp3) is 0.0556. The number of rotatable bonds is 0. The fourth-order valence-electron chi connectivity index (χ4n) is 2.32. The molecule has 0 radical (unpaired) electrons. The Hall–Kier alpha value is 0.133. The first-order valence-corrected chi connectivity index (χ1v) is 6.20. The molecule has 0 atom stereocenters. The van der Waals surface area contributed by atoms with Crippen LogP contribution >= 0.6 is 0 Å². The Bertz CT molecular complexity index is 573. The molecular formula is C18H14I2Zr. The molecule has 21 heavy (non-hydrogen) atoms. The maximum atomic E-state index is 3.30. The van der Waals surface area contributed by atoms with Crippen molar-refractivity contribution in [1.82, 2.24) is 0 Å². The average molecular weight is 575 g/mol. The topological polar surface area (TPSA) is 0 Å². The normalized spacial score (nSPS) is 9.52. The zero-order valence-corrected chi connectivity index (χ0v) is 18.2. The molecule has 0 nitrogen and oxygen atoms in total. The van der Waals surface area contributed by atoms with Crippen LogP contribution in [0.15, 0.2) is 72.8 Å². The van der Waals surface area contributed by atoms with Gasteiger partial charge in [-0.15, -0.1) is 5.56 Å². The molecule has 1 aliphatic carbocycles. The molecule has 3 aromatic carbocycles. The third kappa shape index (κ3) is 5.36. The van der Waals surface area contributed by atoms with Crippen molar-refractivity contribution in [2.45, 2.75) is 6.42 Å². The molecule has 3 aromatic rings. The first kappa shape index (κ1) is 21.1. The summed E-state index contributed by atoms with van der Waals surface area (Å²) in [5, 5.41) is 0. The Morgan fingerprint density at radius 2 is 1.48 bits per heavy atom. The number of halogens is 2. The average Bonchev–Trinajstić information content (AvgIpc) is 3.10. The first-order chi connectivity index (χ1) is 8.95. The van der Waals surface area contributed by atoms with Gasteiger partial charge in [-0.3, -0.25) is 0 Å². The number of hydrogen-bond acceptors (Lipinski definition) is 0. The van der Waals surface area contributed by atoms with Gasteiger partial charge in [0.05, 0.1) is 0 Å². The van der Waals surface area contributed by atoms with Crippen LogP contribution in [0.5, 0.6) is 0 Å². The molecule has 0 N–H and O–H groups in total. The second-order valence-corrected chi connectivity index (χ2v) is 4.36. The van der Waals surface area contributed by atoms with Crippen LogP contribution in [-0.4, -0.2) is 0 Å². The third-order valence-electron chi connectivity index (χ3n) is 3.17. The van der Waals surface area contributed by atoms with E-state index in [2.05, 4.69) is 42.5 Å². The Morgan fingerprint density at radius 1 is 0.810 bits per heavy atom. The van der Waals surface area contributed by atoms with Crippen LogP contribution in [0.4, 0.5) is 0 Å². The first-order valence-electron chi connectivity index (χ1n) is 6.20. The summed E-state index contributed by atoms with van der Waals surface area (Å²) in [6.07, 6.45) is 1.05. The number of hydrogen-bond donors (Lipinski definition) is 0. The van der Waals surface area contributed by atoms with Gasteiger partial charge in [-0.1, -0.05) is 35.4 Å². The van der Waals surface area contributed by atoms with Gasteiger partial charge >= 0.3 is 26.2 Å². The smallest absolute Gasteiger partial charge is 1.00 e. The molecule has 0 unspecified atom stereocenters. The van der Waals surface area contributed by atoms with Crippen molar-refractivity contribution in [2.24, 2.45) is 0 Å². The van der Waals surface area contributed by atoms with Crippen molar-refractivity contribution in [1.29, 1.82) is 0 Å². The summed E-state index contributed by atoms with van der Waals surface area (Å²) >= 11 is 0. The number of fused-ring (bicyclic) bond motifs is 3. The van der Waals surface area contributed by atoms with Crippen LogP contribution < -0.4 is 48.0 Å². The summed E-state index contributed by atoms with van der Waals surface area (Å²) in [5.41, 5.74) is 5.51. The van der Waals surface area contributed by atoms with E-state index in [0.717, 1.165) is 6.42 Å². The molecule has 0 aliphatic heterocycles. The van der Waals surface area contributed by atoms with E-state index in [1.165, 1.54) is 22.3 Å². The van der Waals surface area contributed by atoms with E-state index in [4.69, 9.17) is 0 Å². The van der Waals surface area contributed by atoms with Gasteiger partial charge in [-0.25, -0.2) is 12.1 Å². The third-order valence-corrected chi connectivity index (χ3v) is 3.17. The Balaban J connectivity index is 0.000000437. The van der Waals surface area contributed by atoms with Crippen molar-refractivity contribution < 1.29 is 74.2 Å². The largest absolute Gasteiger partial charge is 4.00 e. The van der Waals surface area contributed by atoms with E-state index in [0.29, 0.717) is 0 Å². The van der Waals surface area contributed by atoms with Crippen molar-refractivity contribution in [3.05, 3.63) is 90.0 Å². The molecule has 4 rings (SSSR count). The summed E-state index contributed by atoms with van der Waals surface area (Å²) in [7, 11) is 0. The van der Waals surface area contributed by atoms with Crippen LogP contribution in [-0.2, 0) is 32.6 Å². The van der Waals surface area contributed by atoms with E-state index in [1.54, 1.807) is 0 Å². The maximum absolute atomic E-state index is 3.30. The number of benzene rings is 2. The fourth-order valence-corrected chi connectivity index (χ4v) is 2.32. The molecule has 1 aliphatic rings. The van der Waals surface area contributed by atoms with E-state index in [9.17, 15) is 0 Å². The van der Waals surface area contributed by atoms with Gasteiger partial charge in [-0.05, 0) is 6.42 Å². The molecule has 0 bridgehead atoms. The minimum Gasteiger partial charge on any atom is -1.00 e. The van der Waals surface area contributed by atoms with Crippen LogP contribution in [0.1, 0.15) is 11.1 Å². The summed E-state index contributed by atoms with van der Waals surface area (Å²) in [4.78, 5) is 0. The van der Waals surface area contributed by atoms with Gasteiger partial charge in [0.2, 0.25) is 0 Å². The molecule has 0 saturated carbocycles. The van der Waals surface area contributed by atoms with Gasteiger partial charge in [0, 0.05) is 0 Å². The second-order valence-electron chi connectivity index (χ2n) is 4.36. The van der Waals surface area contributed by atoms with E-state index in [-0.39, 0.29) is 74.2 Å². The monoisotopic (exact) mass is 574 g/mol. The van der Waals surface area contributed by atoms with Crippen LogP contribution in [0.2, 0.25) is 0 Å². The molecule has 0 saturated heterocycles. The van der Waals surface area contributed by atoms with Crippen molar-refractivity contribution in [3.8, 4) is 11.1 Å². The summed E-state index contributed by atoms with van der Waals surface area (Å²) in [6.45, 7) is 0. The molecule has 104 valence electrons. The Labute approximate surface area is 179 Å². The van der Waals surface area contributed by atoms with Gasteiger partial charge < -0.3 is 48.0 Å². The van der Waals surface area contributed by atoms with Gasteiger partial charge in [-0.2, -0.15) is 48.0 Å². The Morgan fingerprint density at radius 3 is 2.14 bits per heavy atom. The molecule has 0 fully saturated rings. The summed E-state index contributed by atoms with van der Waals surface area (Å²) < 4.78 is 0. The zero-order chi connectivity index (χ0) is 12.2. The van der Waals surface area contributed by atoms with Crippen molar-refractivity contribution in [2.75, 3.05) is 0 Å². The van der Waals surface area contributed by atoms with Crippen LogP contribution in [0.25, 0.3) is 11.1 Å². The standard InChI is InChI=1S/C13H9.C5H5.2HI.Zr/c1-3-7-12-10(5-1)9-11-6-2-4-8-13(11)12;1-2-4-5-3-1;;;/h1-5,7-8H,9H2;1-5H;2*1H;/q2*-1;;;+4/p-2. The predicted octanol–water partition coefficient (Wildman–Crippen LogP) is -1.53. The SMILES string of the molecule is [I-].[I-].[Zr+4].[c-]1cccc2c1Cc1ccccc1-2.c1cc[cH-]c1. The summed E-state index contributed by atoms with van der Waals surface area (Å²) in [6, 6.07) is 28.1. The van der Waals surface area contributed by atoms with E-state index in [1.807, 2.05) is 36.4 Å². The molecular weight excluding hydrogens is 561 g/mol. The zero-order valence-electron chi connectivity index (χ0n) is 11.4.